The number of benzene rings is 1. The van der Waals surface area contributed by atoms with E-state index in [-0.39, 0.29) is 16.6 Å². The maximum Gasteiger partial charge on any atom is 0.245 e. The summed E-state index contributed by atoms with van der Waals surface area (Å²) in [5, 5.41) is 8.78. The van der Waals surface area contributed by atoms with E-state index in [1.165, 1.54) is 22.5 Å². The average molecular weight is 279 g/mol. The smallest absolute Gasteiger partial charge is 0.245 e. The molecule has 1 aromatic carbocycles. The van der Waals surface area contributed by atoms with E-state index in [2.05, 4.69) is 0 Å². The van der Waals surface area contributed by atoms with Gasteiger partial charge in [0.15, 0.2) is 0 Å². The number of sulfonamides is 1. The Morgan fingerprint density at radius 1 is 1.53 bits per heavy atom. The summed E-state index contributed by atoms with van der Waals surface area (Å²) >= 11 is 0. The molecule has 0 aromatic heterocycles. The average Bonchev–Trinajstić information content (AvgIpc) is 2.87. The minimum absolute atomic E-state index is 0.0556. The number of rotatable bonds is 3. The summed E-state index contributed by atoms with van der Waals surface area (Å²) < 4.78 is 26.7. The summed E-state index contributed by atoms with van der Waals surface area (Å²) in [6.45, 7) is 2.53. The van der Waals surface area contributed by atoms with Gasteiger partial charge in [-0.15, -0.1) is 0 Å². The Kier molecular flexibility index (Phi) is 3.78. The Bertz CT molecular complexity index is 619. The van der Waals surface area contributed by atoms with Crippen LogP contribution in [0.4, 0.5) is 5.69 Å². The molecule has 1 saturated heterocycles. The van der Waals surface area contributed by atoms with Crippen LogP contribution in [0, 0.1) is 11.3 Å². The molecule has 1 fully saturated rings. The molecule has 19 heavy (non-hydrogen) atoms. The van der Waals surface area contributed by atoms with Crippen molar-refractivity contribution < 1.29 is 8.42 Å². The molecule has 102 valence electrons. The van der Waals surface area contributed by atoms with Crippen LogP contribution in [0.1, 0.15) is 31.7 Å². The molecular formula is C13H17N3O2S. The second-order valence-corrected chi connectivity index (χ2v) is 6.54. The number of hydrogen-bond donors (Lipinski definition) is 1. The van der Waals surface area contributed by atoms with Gasteiger partial charge in [-0.2, -0.15) is 9.57 Å². The van der Waals surface area contributed by atoms with Crippen LogP contribution in [-0.4, -0.2) is 25.3 Å². The van der Waals surface area contributed by atoms with Gasteiger partial charge in [-0.1, -0.05) is 6.92 Å². The van der Waals surface area contributed by atoms with Crippen LogP contribution in [0.3, 0.4) is 0 Å². The molecule has 2 rings (SSSR count). The first-order valence-electron chi connectivity index (χ1n) is 6.32. The van der Waals surface area contributed by atoms with Crippen LogP contribution in [0.5, 0.6) is 0 Å². The van der Waals surface area contributed by atoms with Gasteiger partial charge in [-0.25, -0.2) is 8.42 Å². The lowest BCUT2D eigenvalue weighted by Gasteiger charge is -2.23. The third-order valence-corrected chi connectivity index (χ3v) is 5.55. The fourth-order valence-corrected chi connectivity index (χ4v) is 4.38. The molecular weight excluding hydrogens is 262 g/mol. The zero-order chi connectivity index (χ0) is 14.0. The standard InChI is InChI=1S/C13H17N3O2S/c1-2-11-4-3-7-16(11)19(17,18)13-6-5-10(9-14)8-12(13)15/h5-6,8,11H,2-4,7,15H2,1H3. The summed E-state index contributed by atoms with van der Waals surface area (Å²) in [5.74, 6) is 0. The molecule has 2 N–H and O–H groups in total. The molecule has 0 amide bonds. The Labute approximate surface area is 113 Å². The highest BCUT2D eigenvalue weighted by Gasteiger charge is 2.35. The molecule has 1 aliphatic heterocycles. The van der Waals surface area contributed by atoms with Crippen molar-refractivity contribution in [1.29, 1.82) is 5.26 Å². The van der Waals surface area contributed by atoms with E-state index in [9.17, 15) is 8.42 Å². The molecule has 0 saturated carbocycles. The highest BCUT2D eigenvalue weighted by molar-refractivity contribution is 7.89. The van der Waals surface area contributed by atoms with E-state index < -0.39 is 10.0 Å². The van der Waals surface area contributed by atoms with Crippen LogP contribution in [0.15, 0.2) is 23.1 Å². The fourth-order valence-electron chi connectivity index (χ4n) is 2.51. The molecule has 1 aliphatic rings. The highest BCUT2D eigenvalue weighted by Crippen LogP contribution is 2.30. The molecule has 1 aromatic rings. The summed E-state index contributed by atoms with van der Waals surface area (Å²) in [4.78, 5) is 0.104. The lowest BCUT2D eigenvalue weighted by molar-refractivity contribution is 0.380. The van der Waals surface area contributed by atoms with Crippen molar-refractivity contribution in [1.82, 2.24) is 4.31 Å². The first-order valence-corrected chi connectivity index (χ1v) is 7.76. The van der Waals surface area contributed by atoms with Gasteiger partial charge in [-0.3, -0.25) is 0 Å². The largest absolute Gasteiger partial charge is 0.398 e. The van der Waals surface area contributed by atoms with E-state index in [1.807, 2.05) is 13.0 Å². The van der Waals surface area contributed by atoms with Crippen LogP contribution in [-0.2, 0) is 10.0 Å². The Balaban J connectivity index is 2.43. The van der Waals surface area contributed by atoms with Gasteiger partial charge >= 0.3 is 0 Å². The number of anilines is 1. The third kappa shape index (κ3) is 2.44. The second-order valence-electron chi connectivity index (χ2n) is 4.68. The minimum atomic E-state index is -3.56. The SMILES string of the molecule is CCC1CCCN1S(=O)(=O)c1ccc(C#N)cc1N. The topological polar surface area (TPSA) is 87.2 Å². The summed E-state index contributed by atoms with van der Waals surface area (Å²) in [5.41, 5.74) is 6.29. The zero-order valence-corrected chi connectivity index (χ0v) is 11.7. The Morgan fingerprint density at radius 3 is 2.84 bits per heavy atom. The van der Waals surface area contributed by atoms with Crippen LogP contribution >= 0.6 is 0 Å². The molecule has 1 unspecified atom stereocenters. The van der Waals surface area contributed by atoms with Gasteiger partial charge in [0.25, 0.3) is 0 Å². The second kappa shape index (κ2) is 5.19. The molecule has 0 aliphatic carbocycles. The first-order chi connectivity index (χ1) is 9.00. The summed E-state index contributed by atoms with van der Waals surface area (Å²) in [6, 6.07) is 6.32. The molecule has 1 heterocycles. The molecule has 5 nitrogen and oxygen atoms in total. The van der Waals surface area contributed by atoms with Gasteiger partial charge in [-0.05, 0) is 37.5 Å². The number of nitrogens with two attached hydrogens (primary N) is 1. The van der Waals surface area contributed by atoms with E-state index in [4.69, 9.17) is 11.0 Å². The number of nitrogen functional groups attached to an aromatic ring is 1. The predicted octanol–water partition coefficient (Wildman–Crippen LogP) is 1.70. The van der Waals surface area contributed by atoms with Crippen LogP contribution in [0.25, 0.3) is 0 Å². The van der Waals surface area contributed by atoms with Crippen molar-refractivity contribution in [2.75, 3.05) is 12.3 Å². The lowest BCUT2D eigenvalue weighted by Crippen LogP contribution is -2.35. The van der Waals surface area contributed by atoms with Crippen molar-refractivity contribution in [2.45, 2.75) is 37.1 Å². The fraction of sp³-hybridized carbons (Fsp3) is 0.462. The zero-order valence-electron chi connectivity index (χ0n) is 10.8. The minimum Gasteiger partial charge on any atom is -0.398 e. The molecule has 6 heteroatoms. The maximum atomic E-state index is 12.6. The van der Waals surface area contributed by atoms with Crippen LogP contribution < -0.4 is 5.73 Å². The molecule has 1 atom stereocenters. The Hall–Kier alpha value is -1.58. The number of nitrogens with zero attached hydrogens (tertiary/aromatic N) is 2. The first kappa shape index (κ1) is 13.8. The van der Waals surface area contributed by atoms with Crippen molar-refractivity contribution >= 4 is 15.7 Å². The van der Waals surface area contributed by atoms with Crippen molar-refractivity contribution in [2.24, 2.45) is 0 Å². The maximum absolute atomic E-state index is 12.6. The molecule has 0 spiro atoms. The van der Waals surface area contributed by atoms with Crippen molar-refractivity contribution in [3.05, 3.63) is 23.8 Å². The lowest BCUT2D eigenvalue weighted by atomic mass is 10.2. The third-order valence-electron chi connectivity index (χ3n) is 3.52. The number of nitriles is 1. The molecule has 0 bridgehead atoms. The highest BCUT2D eigenvalue weighted by atomic mass is 32.2. The van der Waals surface area contributed by atoms with Gasteiger partial charge < -0.3 is 5.73 Å². The normalized spacial score (nSPS) is 20.3. The predicted molar refractivity (Wildman–Crippen MR) is 72.8 cm³/mol. The molecule has 0 radical (unpaired) electrons. The van der Waals surface area contributed by atoms with E-state index >= 15 is 0 Å². The summed E-state index contributed by atoms with van der Waals surface area (Å²) in [6.07, 6.45) is 2.58. The van der Waals surface area contributed by atoms with Gasteiger partial charge in [0, 0.05) is 12.6 Å². The van der Waals surface area contributed by atoms with E-state index in [0.717, 1.165) is 19.3 Å². The van der Waals surface area contributed by atoms with E-state index in [1.54, 1.807) is 0 Å². The monoisotopic (exact) mass is 279 g/mol. The Morgan fingerprint density at radius 2 is 2.26 bits per heavy atom. The van der Waals surface area contributed by atoms with E-state index in [0.29, 0.717) is 12.1 Å². The van der Waals surface area contributed by atoms with Gasteiger partial charge in [0.05, 0.1) is 17.3 Å². The van der Waals surface area contributed by atoms with Gasteiger partial charge in [0.1, 0.15) is 4.90 Å². The van der Waals surface area contributed by atoms with Gasteiger partial charge in [0.2, 0.25) is 10.0 Å². The van der Waals surface area contributed by atoms with Crippen LogP contribution in [0.2, 0.25) is 0 Å². The van der Waals surface area contributed by atoms with Crippen molar-refractivity contribution in [3.63, 3.8) is 0 Å². The summed E-state index contributed by atoms with van der Waals surface area (Å²) in [7, 11) is -3.56. The van der Waals surface area contributed by atoms with Crippen molar-refractivity contribution in [3.8, 4) is 6.07 Å². The quantitative estimate of drug-likeness (QED) is 0.853. The number of hydrogen-bond acceptors (Lipinski definition) is 4.